The summed E-state index contributed by atoms with van der Waals surface area (Å²) in [6, 6.07) is 14.9. The third-order valence-electron chi connectivity index (χ3n) is 7.84. The molecule has 0 saturated carbocycles. The number of carbonyl (C=O) groups is 1. The molecule has 1 unspecified atom stereocenters. The predicted octanol–water partition coefficient (Wildman–Crippen LogP) is 3.40. The molecule has 2 aromatic carbocycles. The molecule has 3 aromatic rings. The van der Waals surface area contributed by atoms with E-state index >= 15 is 0 Å². The van der Waals surface area contributed by atoms with Crippen LogP contribution in [0.4, 0.5) is 11.4 Å². The van der Waals surface area contributed by atoms with Gasteiger partial charge in [-0.25, -0.2) is 0 Å². The second-order valence-corrected chi connectivity index (χ2v) is 10.5. The Morgan fingerprint density at radius 3 is 2.68 bits per heavy atom. The summed E-state index contributed by atoms with van der Waals surface area (Å²) < 4.78 is 7.47. The number of nitrogens with zero attached hydrogens (tertiary/aromatic N) is 4. The zero-order valence-electron chi connectivity index (χ0n) is 21.2. The van der Waals surface area contributed by atoms with Crippen molar-refractivity contribution in [3.8, 4) is 0 Å². The summed E-state index contributed by atoms with van der Waals surface area (Å²) in [5.74, 6) is -0.00848. The lowest BCUT2D eigenvalue weighted by Gasteiger charge is -2.34. The fourth-order valence-corrected chi connectivity index (χ4v) is 5.81. The first-order valence-corrected chi connectivity index (χ1v) is 13.4. The van der Waals surface area contributed by atoms with Crippen LogP contribution in [0.5, 0.6) is 0 Å². The van der Waals surface area contributed by atoms with Crippen LogP contribution < -0.4 is 5.32 Å². The van der Waals surface area contributed by atoms with Gasteiger partial charge >= 0.3 is 0 Å². The summed E-state index contributed by atoms with van der Waals surface area (Å²) in [6.07, 6.45) is 7.03. The third-order valence-corrected chi connectivity index (χ3v) is 7.84. The maximum Gasteiger partial charge on any atom is 0.254 e. The zero-order valence-corrected chi connectivity index (χ0v) is 21.2. The molecule has 2 N–H and O–H groups in total. The van der Waals surface area contributed by atoms with Crippen molar-refractivity contribution in [2.24, 2.45) is 0 Å². The molecule has 4 heterocycles. The average molecular weight is 502 g/mol. The highest BCUT2D eigenvalue weighted by Gasteiger charge is 2.27. The first-order chi connectivity index (χ1) is 18.1. The molecule has 0 radical (unpaired) electrons. The summed E-state index contributed by atoms with van der Waals surface area (Å²) >= 11 is 0. The van der Waals surface area contributed by atoms with Gasteiger partial charge in [-0.1, -0.05) is 30.3 Å². The van der Waals surface area contributed by atoms with Crippen LogP contribution in [0.15, 0.2) is 54.9 Å². The Bertz CT molecular complexity index is 1250. The monoisotopic (exact) mass is 501 g/mol. The van der Waals surface area contributed by atoms with E-state index in [2.05, 4.69) is 39.6 Å². The van der Waals surface area contributed by atoms with E-state index in [0.717, 1.165) is 68.9 Å². The summed E-state index contributed by atoms with van der Waals surface area (Å²) in [5.41, 5.74) is 6.29. The highest BCUT2D eigenvalue weighted by Crippen LogP contribution is 2.27. The number of hydrogen-bond donors (Lipinski definition) is 2. The number of hydrogen-bond acceptors (Lipinski definition) is 6. The number of rotatable bonds is 7. The number of nitrogens with one attached hydrogen (secondary N) is 1. The number of fused-ring (bicyclic) bond motifs is 2. The van der Waals surface area contributed by atoms with Gasteiger partial charge in [0.05, 0.1) is 24.0 Å². The zero-order chi connectivity index (χ0) is 25.2. The van der Waals surface area contributed by atoms with E-state index in [1.165, 1.54) is 11.1 Å². The maximum absolute atomic E-state index is 13.4. The highest BCUT2D eigenvalue weighted by molar-refractivity contribution is 5.97. The number of amides is 1. The standard InChI is InChI=1S/C29H35N5O3/c35-27(19-32-11-7-21-3-1-2-4-23(21)17-32)20-33-12-8-22-5-6-24(15-28(22)29(33)36)31-25-16-30-34(18-25)26-9-13-37-14-10-26/h1-6,15-16,18,26-27,31,35H,7-14,17,19-20H2. The molecule has 1 fully saturated rings. The van der Waals surface area contributed by atoms with E-state index in [1.807, 2.05) is 35.3 Å². The van der Waals surface area contributed by atoms with Gasteiger partial charge in [-0.15, -0.1) is 0 Å². The second-order valence-electron chi connectivity index (χ2n) is 10.5. The Labute approximate surface area is 217 Å². The minimum Gasteiger partial charge on any atom is -0.390 e. The van der Waals surface area contributed by atoms with Gasteiger partial charge in [0.25, 0.3) is 5.91 Å². The SMILES string of the molecule is O=C1c2cc(Nc3cnn(C4CCOCC4)c3)ccc2CCN1CC(O)CN1CCc2ccccc2C1. The van der Waals surface area contributed by atoms with Gasteiger partial charge in [0.1, 0.15) is 0 Å². The number of aliphatic hydroxyl groups excluding tert-OH is 1. The van der Waals surface area contributed by atoms with Gasteiger partial charge in [-0.3, -0.25) is 14.4 Å². The van der Waals surface area contributed by atoms with Crippen molar-refractivity contribution in [3.63, 3.8) is 0 Å². The molecule has 8 heteroatoms. The maximum atomic E-state index is 13.4. The molecule has 0 spiro atoms. The topological polar surface area (TPSA) is 82.9 Å². The van der Waals surface area contributed by atoms with Gasteiger partial charge in [0, 0.05) is 63.4 Å². The first kappa shape index (κ1) is 24.2. The van der Waals surface area contributed by atoms with Crippen LogP contribution in [0.3, 0.4) is 0 Å². The number of benzene rings is 2. The molecule has 1 saturated heterocycles. The summed E-state index contributed by atoms with van der Waals surface area (Å²) in [7, 11) is 0. The summed E-state index contributed by atoms with van der Waals surface area (Å²) in [5, 5.41) is 18.8. The molecular weight excluding hydrogens is 466 g/mol. The molecule has 8 nitrogen and oxygen atoms in total. The van der Waals surface area contributed by atoms with E-state index in [1.54, 1.807) is 4.90 Å². The van der Waals surface area contributed by atoms with Crippen molar-refractivity contribution >= 4 is 17.3 Å². The highest BCUT2D eigenvalue weighted by atomic mass is 16.5. The smallest absolute Gasteiger partial charge is 0.254 e. The minimum atomic E-state index is -0.576. The van der Waals surface area contributed by atoms with Crippen molar-refractivity contribution < 1.29 is 14.6 Å². The number of aliphatic hydroxyl groups is 1. The van der Waals surface area contributed by atoms with Crippen molar-refractivity contribution in [1.29, 1.82) is 0 Å². The molecule has 0 aliphatic carbocycles. The van der Waals surface area contributed by atoms with Crippen LogP contribution in [0.1, 0.15) is 45.9 Å². The van der Waals surface area contributed by atoms with Crippen molar-refractivity contribution in [2.45, 2.75) is 44.4 Å². The van der Waals surface area contributed by atoms with E-state index < -0.39 is 6.10 Å². The summed E-state index contributed by atoms with van der Waals surface area (Å²) in [4.78, 5) is 17.5. The summed E-state index contributed by atoms with van der Waals surface area (Å²) in [6.45, 7) is 4.90. The minimum absolute atomic E-state index is 0.00848. The van der Waals surface area contributed by atoms with E-state index in [-0.39, 0.29) is 5.91 Å². The van der Waals surface area contributed by atoms with E-state index in [0.29, 0.717) is 31.2 Å². The van der Waals surface area contributed by atoms with Gasteiger partial charge in [-0.05, 0) is 54.5 Å². The number of ether oxygens (including phenoxy) is 1. The molecule has 1 atom stereocenters. The normalized spacial score (nSPS) is 19.4. The Kier molecular flexibility index (Phi) is 6.95. The molecule has 3 aliphatic heterocycles. The van der Waals surface area contributed by atoms with Crippen LogP contribution in [-0.2, 0) is 24.1 Å². The Balaban J connectivity index is 1.07. The van der Waals surface area contributed by atoms with Crippen molar-refractivity contribution in [1.82, 2.24) is 19.6 Å². The van der Waals surface area contributed by atoms with Crippen LogP contribution >= 0.6 is 0 Å². The Hall–Kier alpha value is -3.20. The number of β-amino-alcohol motifs (C(OH)–C–C–N with tert-alkyl or cyclic N) is 1. The van der Waals surface area contributed by atoms with Gasteiger partial charge in [0.15, 0.2) is 0 Å². The molecule has 194 valence electrons. The predicted molar refractivity (Wildman–Crippen MR) is 142 cm³/mol. The third kappa shape index (κ3) is 5.42. The van der Waals surface area contributed by atoms with E-state index in [4.69, 9.17) is 4.74 Å². The van der Waals surface area contributed by atoms with Gasteiger partial charge in [-0.2, -0.15) is 5.10 Å². The van der Waals surface area contributed by atoms with Crippen molar-refractivity contribution in [3.05, 3.63) is 77.1 Å². The molecule has 1 amide bonds. The van der Waals surface area contributed by atoms with E-state index in [9.17, 15) is 9.90 Å². The van der Waals surface area contributed by atoms with Gasteiger partial charge < -0.3 is 20.1 Å². The fourth-order valence-electron chi connectivity index (χ4n) is 5.81. The molecule has 1 aromatic heterocycles. The van der Waals surface area contributed by atoms with Crippen LogP contribution in [0.25, 0.3) is 0 Å². The number of anilines is 2. The second kappa shape index (κ2) is 10.7. The molecule has 37 heavy (non-hydrogen) atoms. The number of carbonyl (C=O) groups excluding carboxylic acids is 1. The average Bonchev–Trinajstić information content (AvgIpc) is 3.39. The van der Waals surface area contributed by atoms with Crippen LogP contribution in [0, 0.1) is 0 Å². The largest absolute Gasteiger partial charge is 0.390 e. The Morgan fingerprint density at radius 2 is 1.81 bits per heavy atom. The lowest BCUT2D eigenvalue weighted by molar-refractivity contribution is 0.0493. The Morgan fingerprint density at radius 1 is 1.00 bits per heavy atom. The van der Waals surface area contributed by atoms with Crippen molar-refractivity contribution in [2.75, 3.05) is 44.7 Å². The molecule has 3 aliphatic rings. The number of aromatic nitrogens is 2. The molecular formula is C29H35N5O3. The molecule has 6 rings (SSSR count). The van der Waals surface area contributed by atoms with Gasteiger partial charge in [0.2, 0.25) is 0 Å². The fraction of sp³-hybridized carbons (Fsp3) is 0.448. The molecule has 0 bridgehead atoms. The quantitative estimate of drug-likeness (QED) is 0.517. The lowest BCUT2D eigenvalue weighted by atomic mass is 9.97. The first-order valence-electron chi connectivity index (χ1n) is 13.4. The van der Waals surface area contributed by atoms with Crippen LogP contribution in [0.2, 0.25) is 0 Å². The lowest BCUT2D eigenvalue weighted by Crippen LogP contribution is -2.46. The van der Waals surface area contributed by atoms with Crippen LogP contribution in [-0.4, -0.2) is 76.1 Å².